The number of hydrogen-bond donors (Lipinski definition) is 1. The average molecular weight is 322 g/mol. The van der Waals surface area contributed by atoms with Crippen LogP contribution in [0.3, 0.4) is 0 Å². The van der Waals surface area contributed by atoms with Crippen LogP contribution in [0.25, 0.3) is 0 Å². The average Bonchev–Trinajstić information content (AvgIpc) is 2.87. The van der Waals surface area contributed by atoms with Gasteiger partial charge in [-0.2, -0.15) is 0 Å². The maximum atomic E-state index is 5.72. The number of piperidine rings is 1. The summed E-state index contributed by atoms with van der Waals surface area (Å²) in [4.78, 5) is 7.13. The van der Waals surface area contributed by atoms with E-state index in [1.54, 1.807) is 0 Å². The third-order valence-electron chi connectivity index (χ3n) is 4.28. The molecule has 6 nitrogen and oxygen atoms in total. The van der Waals surface area contributed by atoms with Gasteiger partial charge in [-0.1, -0.05) is 5.16 Å². The molecular formula is C17H30N4O2. The van der Waals surface area contributed by atoms with Crippen molar-refractivity contribution in [1.29, 1.82) is 0 Å². The predicted molar refractivity (Wildman–Crippen MR) is 91.9 cm³/mol. The summed E-state index contributed by atoms with van der Waals surface area (Å²) >= 11 is 0. The Balaban J connectivity index is 1.90. The molecule has 2 rings (SSSR count). The highest BCUT2D eigenvalue weighted by Gasteiger charge is 2.21. The van der Waals surface area contributed by atoms with Crippen LogP contribution in [0.4, 0.5) is 0 Å². The Morgan fingerprint density at radius 1 is 1.35 bits per heavy atom. The Hall–Kier alpha value is -1.56. The van der Waals surface area contributed by atoms with E-state index in [-0.39, 0.29) is 0 Å². The first-order chi connectivity index (χ1) is 11.2. The molecule has 1 aliphatic rings. The summed E-state index contributed by atoms with van der Waals surface area (Å²) in [6.45, 7) is 12.6. The van der Waals surface area contributed by atoms with Gasteiger partial charge in [0.1, 0.15) is 5.76 Å². The van der Waals surface area contributed by atoms with E-state index in [0.717, 1.165) is 69.5 Å². The van der Waals surface area contributed by atoms with Gasteiger partial charge in [-0.3, -0.25) is 4.99 Å². The van der Waals surface area contributed by atoms with Crippen LogP contribution in [-0.4, -0.2) is 54.9 Å². The largest absolute Gasteiger partial charge is 0.378 e. The fourth-order valence-corrected chi connectivity index (χ4v) is 3.03. The first-order valence-electron chi connectivity index (χ1n) is 8.72. The van der Waals surface area contributed by atoms with Gasteiger partial charge in [0.2, 0.25) is 0 Å². The zero-order chi connectivity index (χ0) is 16.7. The standard InChI is InChI=1S/C17H30N4O2/c1-5-18-17(21-11-8-15(9-12-21)22-6-2)19-10-7-16-13(3)20-23-14(16)4/h15H,5-12H2,1-4H3,(H,18,19). The maximum Gasteiger partial charge on any atom is 0.193 e. The van der Waals surface area contributed by atoms with Gasteiger partial charge in [-0.15, -0.1) is 0 Å². The van der Waals surface area contributed by atoms with E-state index >= 15 is 0 Å². The monoisotopic (exact) mass is 322 g/mol. The molecule has 0 amide bonds. The van der Waals surface area contributed by atoms with Gasteiger partial charge in [0.05, 0.1) is 11.8 Å². The van der Waals surface area contributed by atoms with Crippen LogP contribution in [0.2, 0.25) is 0 Å². The van der Waals surface area contributed by atoms with E-state index in [9.17, 15) is 0 Å². The van der Waals surface area contributed by atoms with Gasteiger partial charge in [0, 0.05) is 38.3 Å². The number of aliphatic imine (C=N–C) groups is 1. The number of rotatable bonds is 6. The van der Waals surface area contributed by atoms with E-state index in [0.29, 0.717) is 6.10 Å². The number of aryl methyl sites for hydroxylation is 2. The van der Waals surface area contributed by atoms with Crippen LogP contribution < -0.4 is 5.32 Å². The molecule has 1 aromatic rings. The van der Waals surface area contributed by atoms with E-state index in [4.69, 9.17) is 14.3 Å². The molecule has 6 heteroatoms. The van der Waals surface area contributed by atoms with Crippen molar-refractivity contribution in [2.24, 2.45) is 4.99 Å². The third kappa shape index (κ3) is 4.96. The fraction of sp³-hybridized carbons (Fsp3) is 0.765. The third-order valence-corrected chi connectivity index (χ3v) is 4.28. The molecule has 1 aromatic heterocycles. The predicted octanol–water partition coefficient (Wildman–Crippen LogP) is 2.30. The highest BCUT2D eigenvalue weighted by molar-refractivity contribution is 5.80. The second-order valence-corrected chi connectivity index (χ2v) is 5.93. The highest BCUT2D eigenvalue weighted by Crippen LogP contribution is 2.15. The van der Waals surface area contributed by atoms with Crippen LogP contribution in [0.5, 0.6) is 0 Å². The number of nitrogens with one attached hydrogen (secondary N) is 1. The lowest BCUT2D eigenvalue weighted by atomic mass is 10.1. The van der Waals surface area contributed by atoms with Gasteiger partial charge in [-0.25, -0.2) is 0 Å². The van der Waals surface area contributed by atoms with Gasteiger partial charge in [0.15, 0.2) is 5.96 Å². The Bertz CT molecular complexity index is 485. The van der Waals surface area contributed by atoms with Crippen molar-refractivity contribution in [3.8, 4) is 0 Å². The van der Waals surface area contributed by atoms with Crippen molar-refractivity contribution in [3.05, 3.63) is 17.0 Å². The molecule has 0 radical (unpaired) electrons. The Kier molecular flexibility index (Phi) is 6.89. The summed E-state index contributed by atoms with van der Waals surface area (Å²) < 4.78 is 10.9. The van der Waals surface area contributed by atoms with Crippen LogP contribution in [0, 0.1) is 13.8 Å². The number of aromatic nitrogens is 1. The molecular weight excluding hydrogens is 292 g/mol. The quantitative estimate of drug-likeness (QED) is 0.643. The summed E-state index contributed by atoms with van der Waals surface area (Å²) in [5.41, 5.74) is 2.15. The summed E-state index contributed by atoms with van der Waals surface area (Å²) in [6, 6.07) is 0. The summed E-state index contributed by atoms with van der Waals surface area (Å²) in [5, 5.41) is 7.41. The molecule has 0 bridgehead atoms. The van der Waals surface area contributed by atoms with Crippen molar-refractivity contribution >= 4 is 5.96 Å². The molecule has 23 heavy (non-hydrogen) atoms. The molecule has 2 heterocycles. The number of nitrogens with zero attached hydrogens (tertiary/aromatic N) is 3. The van der Waals surface area contributed by atoms with Crippen LogP contribution in [-0.2, 0) is 11.2 Å². The molecule has 0 unspecified atom stereocenters. The molecule has 1 fully saturated rings. The summed E-state index contributed by atoms with van der Waals surface area (Å²) in [7, 11) is 0. The van der Waals surface area contributed by atoms with Crippen LogP contribution in [0.1, 0.15) is 43.7 Å². The Labute approximate surface area is 139 Å². The lowest BCUT2D eigenvalue weighted by molar-refractivity contribution is 0.0264. The second-order valence-electron chi connectivity index (χ2n) is 5.93. The molecule has 0 spiro atoms. The lowest BCUT2D eigenvalue weighted by Gasteiger charge is -2.34. The minimum absolute atomic E-state index is 0.404. The van der Waals surface area contributed by atoms with E-state index in [1.807, 2.05) is 13.8 Å². The number of hydrogen-bond acceptors (Lipinski definition) is 4. The van der Waals surface area contributed by atoms with Crippen molar-refractivity contribution in [2.75, 3.05) is 32.8 Å². The van der Waals surface area contributed by atoms with Crippen molar-refractivity contribution < 1.29 is 9.26 Å². The topological polar surface area (TPSA) is 62.9 Å². The van der Waals surface area contributed by atoms with E-state index < -0.39 is 0 Å². The lowest BCUT2D eigenvalue weighted by Crippen LogP contribution is -2.47. The van der Waals surface area contributed by atoms with E-state index in [1.165, 1.54) is 5.56 Å². The summed E-state index contributed by atoms with van der Waals surface area (Å²) in [6.07, 6.45) is 3.41. The fourth-order valence-electron chi connectivity index (χ4n) is 3.03. The van der Waals surface area contributed by atoms with Gasteiger partial charge >= 0.3 is 0 Å². The molecule has 1 saturated heterocycles. The molecule has 0 atom stereocenters. The maximum absolute atomic E-state index is 5.72. The Morgan fingerprint density at radius 3 is 2.65 bits per heavy atom. The van der Waals surface area contributed by atoms with Gasteiger partial charge in [-0.05, 0) is 47.0 Å². The van der Waals surface area contributed by atoms with Crippen molar-refractivity contribution in [2.45, 2.75) is 53.1 Å². The van der Waals surface area contributed by atoms with Crippen LogP contribution in [0.15, 0.2) is 9.52 Å². The first kappa shape index (κ1) is 17.8. The van der Waals surface area contributed by atoms with Crippen LogP contribution >= 0.6 is 0 Å². The molecule has 0 saturated carbocycles. The molecule has 0 aliphatic carbocycles. The second kappa shape index (κ2) is 8.91. The normalized spacial score (nSPS) is 16.9. The molecule has 130 valence electrons. The molecule has 0 aromatic carbocycles. The number of likely N-dealkylation sites (tertiary alicyclic amines) is 1. The zero-order valence-corrected chi connectivity index (χ0v) is 14.9. The first-order valence-corrected chi connectivity index (χ1v) is 8.72. The minimum atomic E-state index is 0.404. The molecule has 1 N–H and O–H groups in total. The number of guanidine groups is 1. The zero-order valence-electron chi connectivity index (χ0n) is 14.9. The van der Waals surface area contributed by atoms with Gasteiger partial charge in [0.25, 0.3) is 0 Å². The smallest absolute Gasteiger partial charge is 0.193 e. The van der Waals surface area contributed by atoms with Crippen molar-refractivity contribution in [3.63, 3.8) is 0 Å². The van der Waals surface area contributed by atoms with Crippen molar-refractivity contribution in [1.82, 2.24) is 15.4 Å². The Morgan fingerprint density at radius 2 is 2.09 bits per heavy atom. The SMILES string of the molecule is CCNC(=NCCc1c(C)noc1C)N1CCC(OCC)CC1. The number of ether oxygens (including phenoxy) is 1. The molecule has 1 aliphatic heterocycles. The summed E-state index contributed by atoms with van der Waals surface area (Å²) in [5.74, 6) is 1.91. The van der Waals surface area contributed by atoms with E-state index in [2.05, 4.69) is 29.2 Å². The van der Waals surface area contributed by atoms with Gasteiger partial charge < -0.3 is 19.5 Å². The minimum Gasteiger partial charge on any atom is -0.378 e. The highest BCUT2D eigenvalue weighted by atomic mass is 16.5.